The normalized spacial score (nSPS) is 11.3. The lowest BCUT2D eigenvalue weighted by atomic mass is 10.1. The first-order valence-electron chi connectivity index (χ1n) is 6.57. The average molecular weight is 338 g/mol. The fraction of sp³-hybridized carbons (Fsp3) is 0.188. The maximum absolute atomic E-state index is 12.4. The predicted molar refractivity (Wildman–Crippen MR) is 88.4 cm³/mol. The van der Waals surface area contributed by atoms with Crippen molar-refractivity contribution in [2.75, 3.05) is 11.6 Å². The maximum atomic E-state index is 12.4. The van der Waals surface area contributed by atoms with E-state index in [-0.39, 0.29) is 10.8 Å². The second-order valence-electron chi connectivity index (χ2n) is 5.12. The quantitative estimate of drug-likeness (QED) is 0.930. The van der Waals surface area contributed by atoms with Crippen molar-refractivity contribution in [3.8, 4) is 0 Å². The molecule has 0 aliphatic heterocycles. The third kappa shape index (κ3) is 3.48. The Morgan fingerprint density at radius 1 is 1.14 bits per heavy atom. The first kappa shape index (κ1) is 16.5. The van der Waals surface area contributed by atoms with Gasteiger partial charge >= 0.3 is 0 Å². The highest BCUT2D eigenvalue weighted by atomic mass is 35.5. The summed E-state index contributed by atoms with van der Waals surface area (Å²) < 4.78 is 23.3. The molecule has 0 atom stereocenters. The molecule has 0 aromatic heterocycles. The minimum absolute atomic E-state index is 0.117. The molecule has 0 aliphatic rings. The maximum Gasteiger partial charge on any atom is 0.255 e. The Morgan fingerprint density at radius 2 is 1.82 bits per heavy atom. The van der Waals surface area contributed by atoms with Crippen LogP contribution in [0.25, 0.3) is 0 Å². The second kappa shape index (κ2) is 6.10. The van der Waals surface area contributed by atoms with Crippen LogP contribution < -0.4 is 5.32 Å². The zero-order valence-electron chi connectivity index (χ0n) is 12.5. The molecule has 0 saturated heterocycles. The summed E-state index contributed by atoms with van der Waals surface area (Å²) in [6.45, 7) is 3.56. The van der Waals surface area contributed by atoms with Gasteiger partial charge in [0.1, 0.15) is 0 Å². The van der Waals surface area contributed by atoms with Crippen LogP contribution >= 0.6 is 11.6 Å². The van der Waals surface area contributed by atoms with Crippen LogP contribution in [0.1, 0.15) is 21.5 Å². The van der Waals surface area contributed by atoms with Crippen molar-refractivity contribution >= 4 is 33.0 Å². The zero-order chi connectivity index (χ0) is 16.5. The molecule has 0 bridgehead atoms. The van der Waals surface area contributed by atoms with E-state index in [4.69, 9.17) is 11.6 Å². The third-order valence-electron chi connectivity index (χ3n) is 3.40. The van der Waals surface area contributed by atoms with Gasteiger partial charge in [0.15, 0.2) is 9.84 Å². The molecule has 0 aliphatic carbocycles. The van der Waals surface area contributed by atoms with Crippen molar-refractivity contribution in [2.45, 2.75) is 18.7 Å². The van der Waals surface area contributed by atoms with Gasteiger partial charge in [-0.2, -0.15) is 0 Å². The molecule has 116 valence electrons. The summed E-state index contributed by atoms with van der Waals surface area (Å²) in [5.41, 5.74) is 2.38. The van der Waals surface area contributed by atoms with Gasteiger partial charge in [0, 0.05) is 22.5 Å². The van der Waals surface area contributed by atoms with Crippen LogP contribution in [0.4, 0.5) is 5.69 Å². The van der Waals surface area contributed by atoms with Crippen molar-refractivity contribution in [1.82, 2.24) is 0 Å². The molecule has 1 N–H and O–H groups in total. The summed E-state index contributed by atoms with van der Waals surface area (Å²) in [7, 11) is -3.36. The first-order valence-corrected chi connectivity index (χ1v) is 8.84. The number of nitrogens with one attached hydrogen (secondary N) is 1. The van der Waals surface area contributed by atoms with Gasteiger partial charge in [-0.25, -0.2) is 8.42 Å². The van der Waals surface area contributed by atoms with Crippen molar-refractivity contribution in [1.29, 1.82) is 0 Å². The average Bonchev–Trinajstić information content (AvgIpc) is 2.43. The first-order chi connectivity index (χ1) is 10.2. The molecular formula is C16H16ClNO3S. The highest BCUT2D eigenvalue weighted by Crippen LogP contribution is 2.24. The number of hydrogen-bond acceptors (Lipinski definition) is 3. The number of sulfone groups is 1. The van der Waals surface area contributed by atoms with Gasteiger partial charge in [0.2, 0.25) is 0 Å². The fourth-order valence-corrected chi connectivity index (χ4v) is 2.83. The Bertz CT molecular complexity index is 844. The van der Waals surface area contributed by atoms with E-state index >= 15 is 0 Å². The van der Waals surface area contributed by atoms with E-state index in [9.17, 15) is 13.2 Å². The number of hydrogen-bond donors (Lipinski definition) is 1. The summed E-state index contributed by atoms with van der Waals surface area (Å²) in [5, 5.41) is 3.32. The monoisotopic (exact) mass is 337 g/mol. The van der Waals surface area contributed by atoms with E-state index in [2.05, 4.69) is 5.32 Å². The Balaban J connectivity index is 2.40. The Hall–Kier alpha value is -1.85. The van der Waals surface area contributed by atoms with Gasteiger partial charge in [0.05, 0.1) is 4.90 Å². The molecule has 0 radical (unpaired) electrons. The Labute approximate surface area is 135 Å². The predicted octanol–water partition coefficient (Wildman–Crippen LogP) is 3.61. The number of halogens is 1. The molecule has 0 fully saturated rings. The molecule has 0 heterocycles. The molecular weight excluding hydrogens is 322 g/mol. The standard InChI is InChI=1S/C16H16ClNO3S/c1-10-7-8-12(22(3,20)21)9-13(10)16(19)18-15-6-4-5-14(17)11(15)2/h4-9H,1-3H3,(H,18,19). The molecule has 1 amide bonds. The highest BCUT2D eigenvalue weighted by molar-refractivity contribution is 7.90. The number of anilines is 1. The summed E-state index contributed by atoms with van der Waals surface area (Å²) in [5.74, 6) is -0.367. The fourth-order valence-electron chi connectivity index (χ4n) is 2.01. The number of rotatable bonds is 3. The summed E-state index contributed by atoms with van der Waals surface area (Å²) in [6.07, 6.45) is 1.11. The topological polar surface area (TPSA) is 63.2 Å². The molecule has 0 saturated carbocycles. The molecule has 22 heavy (non-hydrogen) atoms. The molecule has 4 nitrogen and oxygen atoms in total. The minimum Gasteiger partial charge on any atom is -0.322 e. The number of benzene rings is 2. The zero-order valence-corrected chi connectivity index (χ0v) is 14.0. The van der Waals surface area contributed by atoms with Crippen molar-refractivity contribution in [2.24, 2.45) is 0 Å². The van der Waals surface area contributed by atoms with Crippen LogP contribution in [0, 0.1) is 13.8 Å². The third-order valence-corrected chi connectivity index (χ3v) is 4.92. The van der Waals surface area contributed by atoms with Crippen LogP contribution in [0.2, 0.25) is 5.02 Å². The van der Waals surface area contributed by atoms with Crippen LogP contribution in [0.3, 0.4) is 0 Å². The van der Waals surface area contributed by atoms with Crippen LogP contribution in [-0.4, -0.2) is 20.6 Å². The van der Waals surface area contributed by atoms with Gasteiger partial charge in [-0.1, -0.05) is 23.7 Å². The van der Waals surface area contributed by atoms with E-state index in [1.807, 2.05) is 0 Å². The van der Waals surface area contributed by atoms with E-state index in [1.54, 1.807) is 38.1 Å². The van der Waals surface area contributed by atoms with E-state index in [1.165, 1.54) is 12.1 Å². The van der Waals surface area contributed by atoms with Gasteiger partial charge in [-0.15, -0.1) is 0 Å². The molecule has 6 heteroatoms. The van der Waals surface area contributed by atoms with E-state index in [0.717, 1.165) is 11.8 Å². The Kier molecular flexibility index (Phi) is 4.58. The highest BCUT2D eigenvalue weighted by Gasteiger charge is 2.15. The van der Waals surface area contributed by atoms with Gasteiger partial charge in [-0.05, 0) is 49.2 Å². The smallest absolute Gasteiger partial charge is 0.255 e. The van der Waals surface area contributed by atoms with Crippen molar-refractivity contribution < 1.29 is 13.2 Å². The number of carbonyl (C=O) groups is 1. The van der Waals surface area contributed by atoms with E-state index in [0.29, 0.717) is 21.8 Å². The SMILES string of the molecule is Cc1ccc(S(C)(=O)=O)cc1C(=O)Nc1cccc(Cl)c1C. The number of aryl methyl sites for hydroxylation is 1. The van der Waals surface area contributed by atoms with Crippen LogP contribution in [0.15, 0.2) is 41.3 Å². The summed E-state index contributed by atoms with van der Waals surface area (Å²) in [6, 6.07) is 9.73. The lowest BCUT2D eigenvalue weighted by molar-refractivity contribution is 0.102. The lowest BCUT2D eigenvalue weighted by Crippen LogP contribution is -2.15. The van der Waals surface area contributed by atoms with Crippen molar-refractivity contribution in [3.63, 3.8) is 0 Å². The van der Waals surface area contributed by atoms with Gasteiger partial charge in [0.25, 0.3) is 5.91 Å². The van der Waals surface area contributed by atoms with Crippen LogP contribution in [-0.2, 0) is 9.84 Å². The van der Waals surface area contributed by atoms with E-state index < -0.39 is 9.84 Å². The molecule has 2 aromatic rings. The second-order valence-corrected chi connectivity index (χ2v) is 7.54. The Morgan fingerprint density at radius 3 is 2.45 bits per heavy atom. The largest absolute Gasteiger partial charge is 0.322 e. The summed E-state index contributed by atoms with van der Waals surface area (Å²) >= 11 is 6.03. The van der Waals surface area contributed by atoms with Gasteiger partial charge in [-0.3, -0.25) is 4.79 Å². The minimum atomic E-state index is -3.36. The van der Waals surface area contributed by atoms with Crippen molar-refractivity contribution in [3.05, 3.63) is 58.1 Å². The molecule has 0 unspecified atom stereocenters. The summed E-state index contributed by atoms with van der Waals surface area (Å²) in [4.78, 5) is 12.5. The molecule has 2 rings (SSSR count). The number of amides is 1. The lowest BCUT2D eigenvalue weighted by Gasteiger charge is -2.12. The van der Waals surface area contributed by atoms with Gasteiger partial charge < -0.3 is 5.32 Å². The molecule has 0 spiro atoms. The number of carbonyl (C=O) groups excluding carboxylic acids is 1. The molecule has 2 aromatic carbocycles. The van der Waals surface area contributed by atoms with Crippen LogP contribution in [0.5, 0.6) is 0 Å².